The van der Waals surface area contributed by atoms with Crippen molar-refractivity contribution < 1.29 is 22.2 Å². The molecule has 2 fully saturated rings. The second-order valence-electron chi connectivity index (χ2n) is 9.17. The summed E-state index contributed by atoms with van der Waals surface area (Å²) >= 11 is 0. The van der Waals surface area contributed by atoms with E-state index in [1.807, 2.05) is 32.1 Å². The average molecular weight is 545 g/mol. The first-order valence-corrected chi connectivity index (χ1v) is 13.9. The largest absolute Gasteiger partial charge is 0.391 e. The molecule has 188 valence electrons. The van der Waals surface area contributed by atoms with E-state index in [0.717, 1.165) is 6.42 Å². The smallest absolute Gasteiger partial charge is 0.0775 e. The molecule has 0 bridgehead atoms. The van der Waals surface area contributed by atoms with Crippen molar-refractivity contribution in [3.63, 3.8) is 0 Å². The van der Waals surface area contributed by atoms with Crippen LogP contribution in [0.2, 0.25) is 0 Å². The maximum absolute atomic E-state index is 10.7. The maximum Gasteiger partial charge on any atom is 0.0775 e. The van der Waals surface area contributed by atoms with Gasteiger partial charge in [-0.2, -0.15) is 0 Å². The van der Waals surface area contributed by atoms with E-state index in [2.05, 4.69) is 116 Å². The Kier molecular flexibility index (Phi) is 10.8. The van der Waals surface area contributed by atoms with Gasteiger partial charge in [-0.3, -0.25) is 0 Å². The second kappa shape index (κ2) is 14.1. The molecule has 6 rings (SSSR count). The summed E-state index contributed by atoms with van der Waals surface area (Å²) in [5.74, 6) is 1.32. The molecular formula is C33H32FeNOP. The molecule has 0 aliphatic heterocycles. The fraction of sp³-hybridized carbons (Fsp3) is 0.152. The van der Waals surface area contributed by atoms with Gasteiger partial charge in [-0.15, -0.1) is 0 Å². The van der Waals surface area contributed by atoms with Crippen molar-refractivity contribution in [2.24, 2.45) is 0 Å². The van der Waals surface area contributed by atoms with Crippen molar-refractivity contribution in [3.05, 3.63) is 159 Å². The van der Waals surface area contributed by atoms with Crippen molar-refractivity contribution in [1.82, 2.24) is 5.32 Å². The van der Waals surface area contributed by atoms with E-state index in [-0.39, 0.29) is 35.3 Å². The van der Waals surface area contributed by atoms with E-state index in [1.165, 1.54) is 33.3 Å². The van der Waals surface area contributed by atoms with Crippen LogP contribution in [0.1, 0.15) is 24.1 Å². The van der Waals surface area contributed by atoms with E-state index in [9.17, 15) is 5.11 Å². The molecule has 0 heterocycles. The third-order valence-electron chi connectivity index (χ3n) is 6.75. The first-order valence-electron chi connectivity index (χ1n) is 12.6. The van der Waals surface area contributed by atoms with Crippen LogP contribution in [0.5, 0.6) is 0 Å². The Morgan fingerprint density at radius 1 is 0.730 bits per heavy atom. The molecule has 2 saturated carbocycles. The zero-order valence-corrected chi connectivity index (χ0v) is 22.9. The Bertz CT molecular complexity index is 1030. The standard InChI is InChI=1S/C28H27NOP.C5H5.Fe/c1-20(29-28-25-16-9-8-11-21(25)19-26(28)30)24-17-10-18-27(24)31(22-12-4-2-5-13-22)23-14-6-3-7-15-23;1-2-4-5-3-1;/h2-18,20,26,28-30H,19H2,1H3;1-5H;/t20-,26+,28-;;/m0../s1. The van der Waals surface area contributed by atoms with Gasteiger partial charge in [0.15, 0.2) is 0 Å². The third kappa shape index (κ3) is 6.95. The van der Waals surface area contributed by atoms with Crippen LogP contribution in [0.15, 0.2) is 84.9 Å². The summed E-state index contributed by atoms with van der Waals surface area (Å²) in [6, 6.07) is 30.1. The van der Waals surface area contributed by atoms with Crippen molar-refractivity contribution in [2.45, 2.75) is 31.5 Å². The molecule has 0 unspecified atom stereocenters. The van der Waals surface area contributed by atoms with Crippen molar-refractivity contribution >= 4 is 18.5 Å². The van der Waals surface area contributed by atoms with Gasteiger partial charge in [0.05, 0.1) is 12.1 Å². The molecule has 3 atom stereocenters. The van der Waals surface area contributed by atoms with E-state index >= 15 is 0 Å². The number of hydrogen-bond donors (Lipinski definition) is 2. The predicted molar refractivity (Wildman–Crippen MR) is 151 cm³/mol. The van der Waals surface area contributed by atoms with Crippen molar-refractivity contribution in [1.29, 1.82) is 0 Å². The van der Waals surface area contributed by atoms with Crippen LogP contribution in [-0.2, 0) is 23.5 Å². The zero-order chi connectivity index (χ0) is 24.7. The fourth-order valence-corrected chi connectivity index (χ4v) is 7.59. The summed E-state index contributed by atoms with van der Waals surface area (Å²) in [4.78, 5) is 0. The van der Waals surface area contributed by atoms with E-state index in [1.54, 1.807) is 0 Å². The summed E-state index contributed by atoms with van der Waals surface area (Å²) in [6.45, 7) is 2.22. The molecule has 2 nitrogen and oxygen atoms in total. The SMILES string of the molecule is C[C@H](N[C@H]1c2ccccc2C[C@H]1O)[C]1[CH][CH][CH][C]1P(c1ccccc1)c1ccccc1.[CH]1[CH][CH][CH][CH]1.[Fe]. The number of aliphatic hydroxyl groups excluding tert-OH is 1. The van der Waals surface area contributed by atoms with Crippen LogP contribution in [0, 0.1) is 62.9 Å². The molecular weight excluding hydrogens is 513 g/mol. The first kappa shape index (κ1) is 28.5. The number of rotatable bonds is 6. The summed E-state index contributed by atoms with van der Waals surface area (Å²) in [5, 5.41) is 17.2. The topological polar surface area (TPSA) is 32.3 Å². The number of benzene rings is 3. The third-order valence-corrected chi connectivity index (χ3v) is 9.27. The fourth-order valence-electron chi connectivity index (χ4n) is 5.03. The van der Waals surface area contributed by atoms with Crippen LogP contribution in [0.25, 0.3) is 0 Å². The van der Waals surface area contributed by atoms with Crippen LogP contribution >= 0.6 is 7.92 Å². The van der Waals surface area contributed by atoms with Crippen LogP contribution in [0.4, 0.5) is 0 Å². The Morgan fingerprint density at radius 2 is 1.27 bits per heavy atom. The van der Waals surface area contributed by atoms with Crippen molar-refractivity contribution in [2.75, 3.05) is 0 Å². The van der Waals surface area contributed by atoms with Gasteiger partial charge in [0.2, 0.25) is 0 Å². The minimum Gasteiger partial charge on any atom is -0.391 e. The number of fused-ring (bicyclic) bond motifs is 1. The second-order valence-corrected chi connectivity index (χ2v) is 11.4. The number of nitrogens with one attached hydrogen (secondary N) is 1. The van der Waals surface area contributed by atoms with Gasteiger partial charge in [-0.05, 0) is 87.9 Å². The number of aliphatic hydroxyl groups is 1. The van der Waals surface area contributed by atoms with Gasteiger partial charge >= 0.3 is 0 Å². The Labute approximate surface area is 235 Å². The zero-order valence-electron chi connectivity index (χ0n) is 20.9. The van der Waals surface area contributed by atoms with Crippen LogP contribution in [0.3, 0.4) is 0 Å². The van der Waals surface area contributed by atoms with Gasteiger partial charge in [-0.1, -0.05) is 84.9 Å². The summed E-state index contributed by atoms with van der Waals surface area (Å²) in [7, 11) is -0.646. The minimum atomic E-state index is -0.646. The first-order chi connectivity index (χ1) is 17.7. The molecule has 3 aliphatic carbocycles. The number of hydrogen-bond acceptors (Lipinski definition) is 2. The molecule has 3 aliphatic rings. The molecule has 3 aromatic rings. The molecule has 0 spiro atoms. The van der Waals surface area contributed by atoms with Gasteiger partial charge < -0.3 is 10.4 Å². The van der Waals surface area contributed by atoms with Crippen LogP contribution in [-0.4, -0.2) is 17.3 Å². The van der Waals surface area contributed by atoms with Crippen LogP contribution < -0.4 is 15.9 Å². The molecule has 0 saturated heterocycles. The maximum atomic E-state index is 10.7. The van der Waals surface area contributed by atoms with Gasteiger partial charge in [0, 0.05) is 41.1 Å². The quantitative estimate of drug-likeness (QED) is 0.317. The van der Waals surface area contributed by atoms with Gasteiger partial charge in [0.1, 0.15) is 0 Å². The molecule has 3 aromatic carbocycles. The predicted octanol–water partition coefficient (Wildman–Crippen LogP) is 5.51. The molecule has 2 N–H and O–H groups in total. The molecule has 4 heteroatoms. The van der Waals surface area contributed by atoms with Gasteiger partial charge in [-0.25, -0.2) is 0 Å². The van der Waals surface area contributed by atoms with Crippen molar-refractivity contribution in [3.8, 4) is 0 Å². The Morgan fingerprint density at radius 3 is 1.86 bits per heavy atom. The molecule has 37 heavy (non-hydrogen) atoms. The van der Waals surface area contributed by atoms with E-state index in [4.69, 9.17) is 0 Å². The van der Waals surface area contributed by atoms with Gasteiger partial charge in [0.25, 0.3) is 0 Å². The Balaban J connectivity index is 0.000000479. The monoisotopic (exact) mass is 545 g/mol. The molecule has 10 radical (unpaired) electrons. The average Bonchev–Trinajstić information content (AvgIpc) is 3.69. The minimum absolute atomic E-state index is 0. The van der Waals surface area contributed by atoms with E-state index in [0.29, 0.717) is 0 Å². The molecule has 0 aromatic heterocycles. The summed E-state index contributed by atoms with van der Waals surface area (Å²) < 4.78 is 0. The normalized spacial score (nSPS) is 22.2. The van der Waals surface area contributed by atoms with E-state index < -0.39 is 7.92 Å². The summed E-state index contributed by atoms with van der Waals surface area (Å²) in [6.07, 6.45) is 17.0. The Hall–Kier alpha value is -1.47. The summed E-state index contributed by atoms with van der Waals surface area (Å²) in [5.41, 5.74) is 3.86. The molecule has 0 amide bonds.